The summed E-state index contributed by atoms with van der Waals surface area (Å²) in [6.07, 6.45) is 8.78. The number of rotatable bonds is 5. The van der Waals surface area contributed by atoms with E-state index in [1.807, 2.05) is 32.2 Å². The van der Waals surface area contributed by atoms with Gasteiger partial charge in [0, 0.05) is 32.4 Å². The molecule has 1 N–H and O–H groups in total. The number of nitrogens with zero attached hydrogens (tertiary/aromatic N) is 3. The first-order valence-corrected chi connectivity index (χ1v) is 7.02. The molecule has 5 heteroatoms. The average molecular weight is 264 g/mol. The van der Waals surface area contributed by atoms with E-state index in [0.717, 1.165) is 12.1 Å². The lowest BCUT2D eigenvalue weighted by atomic mass is 10.1. The van der Waals surface area contributed by atoms with Gasteiger partial charge in [-0.05, 0) is 25.8 Å². The van der Waals surface area contributed by atoms with Crippen molar-refractivity contribution in [3.05, 3.63) is 18.0 Å². The second kappa shape index (κ2) is 6.19. The molecule has 0 spiro atoms. The van der Waals surface area contributed by atoms with Crippen molar-refractivity contribution >= 4 is 5.91 Å². The zero-order chi connectivity index (χ0) is 13.8. The van der Waals surface area contributed by atoms with Crippen molar-refractivity contribution in [2.75, 3.05) is 20.6 Å². The van der Waals surface area contributed by atoms with E-state index in [1.165, 1.54) is 25.7 Å². The number of carbonyl (C=O) groups is 1. The van der Waals surface area contributed by atoms with E-state index in [-0.39, 0.29) is 11.9 Å². The average Bonchev–Trinajstić information content (AvgIpc) is 3.02. The molecule has 106 valence electrons. The largest absolute Gasteiger partial charge is 0.344 e. The van der Waals surface area contributed by atoms with Crippen molar-refractivity contribution in [2.45, 2.75) is 31.7 Å². The minimum absolute atomic E-state index is 0.127. The van der Waals surface area contributed by atoms with Gasteiger partial charge in [-0.25, -0.2) is 0 Å². The Hall–Kier alpha value is -1.36. The molecule has 5 nitrogen and oxygen atoms in total. The van der Waals surface area contributed by atoms with Crippen LogP contribution in [0.25, 0.3) is 0 Å². The molecule has 1 aliphatic carbocycles. The first-order valence-electron chi connectivity index (χ1n) is 7.02. The van der Waals surface area contributed by atoms with E-state index in [2.05, 4.69) is 10.4 Å². The van der Waals surface area contributed by atoms with Crippen LogP contribution in [-0.4, -0.2) is 41.2 Å². The van der Waals surface area contributed by atoms with Crippen molar-refractivity contribution in [2.24, 2.45) is 13.0 Å². The Balaban J connectivity index is 1.99. The van der Waals surface area contributed by atoms with Gasteiger partial charge in [0.1, 0.15) is 6.04 Å². The van der Waals surface area contributed by atoms with Crippen LogP contribution in [0, 0.1) is 5.92 Å². The molecule has 19 heavy (non-hydrogen) atoms. The third kappa shape index (κ3) is 3.35. The van der Waals surface area contributed by atoms with Crippen LogP contribution in [0.3, 0.4) is 0 Å². The number of hydrogen-bond donors (Lipinski definition) is 1. The minimum atomic E-state index is -0.292. The fourth-order valence-corrected chi connectivity index (χ4v) is 2.91. The molecule has 1 atom stereocenters. The molecule has 1 fully saturated rings. The molecule has 1 aliphatic rings. The van der Waals surface area contributed by atoms with Gasteiger partial charge in [-0.2, -0.15) is 5.10 Å². The molecule has 1 heterocycles. The maximum absolute atomic E-state index is 12.5. The fraction of sp³-hybridized carbons (Fsp3) is 0.714. The third-order valence-electron chi connectivity index (χ3n) is 3.98. The van der Waals surface area contributed by atoms with E-state index < -0.39 is 0 Å². The van der Waals surface area contributed by atoms with Gasteiger partial charge in [-0.15, -0.1) is 0 Å². The number of carbonyl (C=O) groups excluding carboxylic acids is 1. The van der Waals surface area contributed by atoms with Crippen LogP contribution in [0.2, 0.25) is 0 Å². The summed E-state index contributed by atoms with van der Waals surface area (Å²) in [6.45, 7) is 0.872. The Labute approximate surface area is 115 Å². The first kappa shape index (κ1) is 14.1. The van der Waals surface area contributed by atoms with Crippen LogP contribution < -0.4 is 5.32 Å². The monoisotopic (exact) mass is 264 g/mol. The predicted molar refractivity (Wildman–Crippen MR) is 74.6 cm³/mol. The lowest BCUT2D eigenvalue weighted by molar-refractivity contribution is -0.132. The molecule has 1 aromatic heterocycles. The lowest BCUT2D eigenvalue weighted by Gasteiger charge is -2.25. The van der Waals surface area contributed by atoms with Gasteiger partial charge in [0.15, 0.2) is 0 Å². The van der Waals surface area contributed by atoms with Gasteiger partial charge in [0.2, 0.25) is 5.91 Å². The maximum Gasteiger partial charge on any atom is 0.244 e. The number of hydrogen-bond acceptors (Lipinski definition) is 3. The van der Waals surface area contributed by atoms with Crippen LogP contribution in [0.1, 0.15) is 37.3 Å². The van der Waals surface area contributed by atoms with Crippen molar-refractivity contribution in [1.29, 1.82) is 0 Å². The number of aryl methyl sites for hydroxylation is 1. The highest BCUT2D eigenvalue weighted by Gasteiger charge is 2.26. The molecule has 1 amide bonds. The highest BCUT2D eigenvalue weighted by Crippen LogP contribution is 2.26. The Kier molecular flexibility index (Phi) is 4.58. The van der Waals surface area contributed by atoms with Gasteiger partial charge >= 0.3 is 0 Å². The number of aromatic nitrogens is 2. The molecular weight excluding hydrogens is 240 g/mol. The van der Waals surface area contributed by atoms with Gasteiger partial charge in [0.05, 0.1) is 6.20 Å². The predicted octanol–water partition coefficient (Wildman–Crippen LogP) is 1.33. The molecule has 0 bridgehead atoms. The first-order chi connectivity index (χ1) is 9.11. The topological polar surface area (TPSA) is 50.2 Å². The standard InChI is InChI=1S/C14H24N4O/c1-15-13(12-8-16-18(3)10-12)14(19)17(2)9-11-6-4-5-7-11/h8,10-11,13,15H,4-7,9H2,1-3H3. The Bertz CT molecular complexity index is 423. The highest BCUT2D eigenvalue weighted by molar-refractivity contribution is 5.82. The SMILES string of the molecule is CNC(C(=O)N(C)CC1CCCC1)c1cnn(C)c1. The molecule has 1 unspecified atom stereocenters. The molecule has 1 saturated carbocycles. The molecule has 0 radical (unpaired) electrons. The summed E-state index contributed by atoms with van der Waals surface area (Å²) in [5.74, 6) is 0.808. The molecular formula is C14H24N4O. The van der Waals surface area contributed by atoms with E-state index in [0.29, 0.717) is 5.92 Å². The fourth-order valence-electron chi connectivity index (χ4n) is 2.91. The van der Waals surface area contributed by atoms with E-state index >= 15 is 0 Å². The van der Waals surface area contributed by atoms with Crippen molar-refractivity contribution in [3.8, 4) is 0 Å². The van der Waals surface area contributed by atoms with Crippen LogP contribution in [0.15, 0.2) is 12.4 Å². The van der Waals surface area contributed by atoms with Crippen molar-refractivity contribution < 1.29 is 4.79 Å². The molecule has 1 aromatic rings. The summed E-state index contributed by atoms with van der Waals surface area (Å²) in [6, 6.07) is -0.292. The van der Waals surface area contributed by atoms with Gasteiger partial charge in [-0.3, -0.25) is 9.48 Å². The molecule has 0 aliphatic heterocycles. The molecule has 0 aromatic carbocycles. The van der Waals surface area contributed by atoms with E-state index in [9.17, 15) is 4.79 Å². The summed E-state index contributed by atoms with van der Waals surface area (Å²) in [4.78, 5) is 14.4. The third-order valence-corrected chi connectivity index (χ3v) is 3.98. The van der Waals surface area contributed by atoms with Gasteiger partial charge < -0.3 is 10.2 Å². The zero-order valence-electron chi connectivity index (χ0n) is 12.1. The molecule has 2 rings (SSSR count). The molecule has 0 saturated heterocycles. The summed E-state index contributed by atoms with van der Waals surface area (Å²) < 4.78 is 1.73. The van der Waals surface area contributed by atoms with Crippen molar-refractivity contribution in [3.63, 3.8) is 0 Å². The Morgan fingerprint density at radius 3 is 2.79 bits per heavy atom. The number of amides is 1. The van der Waals surface area contributed by atoms with E-state index in [4.69, 9.17) is 0 Å². The van der Waals surface area contributed by atoms with Crippen LogP contribution >= 0.6 is 0 Å². The summed E-state index contributed by atoms with van der Waals surface area (Å²) in [5, 5.41) is 7.23. The lowest BCUT2D eigenvalue weighted by Crippen LogP contribution is -2.39. The summed E-state index contributed by atoms with van der Waals surface area (Å²) >= 11 is 0. The van der Waals surface area contributed by atoms with Crippen LogP contribution in [0.5, 0.6) is 0 Å². The second-order valence-corrected chi connectivity index (χ2v) is 5.54. The normalized spacial score (nSPS) is 17.6. The van der Waals surface area contributed by atoms with Gasteiger partial charge in [0.25, 0.3) is 0 Å². The van der Waals surface area contributed by atoms with Gasteiger partial charge in [-0.1, -0.05) is 12.8 Å². The van der Waals surface area contributed by atoms with Crippen LogP contribution in [0.4, 0.5) is 0 Å². The Morgan fingerprint density at radius 1 is 1.58 bits per heavy atom. The minimum Gasteiger partial charge on any atom is -0.344 e. The highest BCUT2D eigenvalue weighted by atomic mass is 16.2. The quantitative estimate of drug-likeness (QED) is 0.873. The van der Waals surface area contributed by atoms with Crippen LogP contribution in [-0.2, 0) is 11.8 Å². The summed E-state index contributed by atoms with van der Waals surface area (Å²) in [5.41, 5.74) is 0.924. The zero-order valence-corrected chi connectivity index (χ0v) is 12.1. The summed E-state index contributed by atoms with van der Waals surface area (Å²) in [7, 11) is 5.59. The maximum atomic E-state index is 12.5. The van der Waals surface area contributed by atoms with E-state index in [1.54, 1.807) is 10.9 Å². The van der Waals surface area contributed by atoms with Crippen molar-refractivity contribution in [1.82, 2.24) is 20.0 Å². The Morgan fingerprint density at radius 2 is 2.26 bits per heavy atom. The number of nitrogens with one attached hydrogen (secondary N) is 1. The smallest absolute Gasteiger partial charge is 0.244 e. The second-order valence-electron chi connectivity index (χ2n) is 5.54. The number of likely N-dealkylation sites (N-methyl/N-ethyl adjacent to an activating group) is 2.